The van der Waals surface area contributed by atoms with Crippen LogP contribution in [0.25, 0.3) is 0 Å². The minimum atomic E-state index is 0.0387. The van der Waals surface area contributed by atoms with Crippen LogP contribution >= 0.6 is 11.6 Å². The van der Waals surface area contributed by atoms with Crippen LogP contribution in [0.3, 0.4) is 0 Å². The number of hydrogen-bond donors (Lipinski definition) is 1. The Morgan fingerprint density at radius 1 is 1.12 bits per heavy atom. The summed E-state index contributed by atoms with van der Waals surface area (Å²) in [4.78, 5) is 28.4. The van der Waals surface area contributed by atoms with Gasteiger partial charge in [-0.3, -0.25) is 9.59 Å². The van der Waals surface area contributed by atoms with E-state index >= 15 is 0 Å². The number of rotatable bonds is 4. The van der Waals surface area contributed by atoms with Gasteiger partial charge < -0.3 is 15.1 Å². The number of likely N-dealkylation sites (tertiary alicyclic amines) is 2. The highest BCUT2D eigenvalue weighted by atomic mass is 35.5. The van der Waals surface area contributed by atoms with Gasteiger partial charge in [0, 0.05) is 56.0 Å². The molecular formula is C20H28ClN3O2. The molecule has 0 unspecified atom stereocenters. The molecule has 142 valence electrons. The molecule has 2 atom stereocenters. The van der Waals surface area contributed by atoms with Crippen molar-refractivity contribution in [1.82, 2.24) is 15.1 Å². The van der Waals surface area contributed by atoms with Crippen LogP contribution in [0.5, 0.6) is 0 Å². The normalized spacial score (nSPS) is 24.1. The topological polar surface area (TPSA) is 52.7 Å². The molecule has 2 fully saturated rings. The molecule has 2 heterocycles. The van der Waals surface area contributed by atoms with Gasteiger partial charge in [0.25, 0.3) is 0 Å². The number of piperidine rings is 1. The van der Waals surface area contributed by atoms with Crippen LogP contribution in [-0.2, 0) is 9.59 Å². The van der Waals surface area contributed by atoms with Crippen LogP contribution < -0.4 is 5.32 Å². The average molecular weight is 378 g/mol. The molecule has 0 radical (unpaired) electrons. The maximum atomic E-state index is 13.0. The van der Waals surface area contributed by atoms with Crippen molar-refractivity contribution in [2.75, 3.05) is 32.7 Å². The Kier molecular flexibility index (Phi) is 6.20. The Morgan fingerprint density at radius 3 is 2.35 bits per heavy atom. The second-order valence-electron chi connectivity index (χ2n) is 7.35. The molecule has 26 heavy (non-hydrogen) atoms. The summed E-state index contributed by atoms with van der Waals surface area (Å²) in [7, 11) is 0. The molecule has 1 aromatic rings. The minimum Gasteiger partial charge on any atom is -0.343 e. The summed E-state index contributed by atoms with van der Waals surface area (Å²) in [5.74, 6) is 0.671. The number of nitrogens with one attached hydrogen (secondary N) is 1. The molecule has 2 aliphatic rings. The molecule has 2 aliphatic heterocycles. The van der Waals surface area contributed by atoms with E-state index in [9.17, 15) is 9.59 Å². The van der Waals surface area contributed by atoms with Crippen LogP contribution in [0.4, 0.5) is 0 Å². The number of benzene rings is 1. The van der Waals surface area contributed by atoms with Crippen LogP contribution in [0.2, 0.25) is 5.02 Å². The van der Waals surface area contributed by atoms with Crippen LogP contribution in [0, 0.1) is 5.92 Å². The summed E-state index contributed by atoms with van der Waals surface area (Å²) < 4.78 is 0. The summed E-state index contributed by atoms with van der Waals surface area (Å²) in [5, 5.41) is 4.27. The summed E-state index contributed by atoms with van der Waals surface area (Å²) in [5.41, 5.74) is 1.22. The van der Waals surface area contributed by atoms with Gasteiger partial charge in [-0.2, -0.15) is 0 Å². The third-order valence-corrected chi connectivity index (χ3v) is 5.94. The van der Waals surface area contributed by atoms with Crippen molar-refractivity contribution < 1.29 is 9.59 Å². The Labute approximate surface area is 160 Å². The minimum absolute atomic E-state index is 0.0387. The summed E-state index contributed by atoms with van der Waals surface area (Å²) >= 11 is 6.02. The van der Waals surface area contributed by atoms with Crippen molar-refractivity contribution >= 4 is 23.4 Å². The summed E-state index contributed by atoms with van der Waals surface area (Å²) in [6.07, 6.45) is 1.54. The first-order valence-electron chi connectivity index (χ1n) is 9.52. The standard InChI is InChI=1S/C20H28ClN3O2/c1-3-22-19-13-24(12-18(19)15-4-6-17(21)7-5-15)20(26)16-8-10-23(11-9-16)14(2)25/h4-7,16,18-19,22H,3,8-13H2,1-2H3/t18-,19+/m0/s1. The fourth-order valence-electron chi connectivity index (χ4n) is 4.20. The lowest BCUT2D eigenvalue weighted by Crippen LogP contribution is -2.44. The van der Waals surface area contributed by atoms with Gasteiger partial charge in [0.15, 0.2) is 0 Å². The van der Waals surface area contributed by atoms with E-state index in [4.69, 9.17) is 11.6 Å². The van der Waals surface area contributed by atoms with Gasteiger partial charge >= 0.3 is 0 Å². The monoisotopic (exact) mass is 377 g/mol. The molecule has 2 amide bonds. The van der Waals surface area contributed by atoms with E-state index in [-0.39, 0.29) is 29.7 Å². The number of nitrogens with zero attached hydrogens (tertiary/aromatic N) is 2. The van der Waals surface area contributed by atoms with Crippen molar-refractivity contribution in [3.8, 4) is 0 Å². The van der Waals surface area contributed by atoms with E-state index < -0.39 is 0 Å². The van der Waals surface area contributed by atoms with Gasteiger partial charge in [-0.1, -0.05) is 30.7 Å². The van der Waals surface area contributed by atoms with E-state index in [1.165, 1.54) is 5.56 Å². The number of hydrogen-bond acceptors (Lipinski definition) is 3. The second-order valence-corrected chi connectivity index (χ2v) is 7.78. The first kappa shape index (κ1) is 19.2. The van der Waals surface area contributed by atoms with E-state index in [1.807, 2.05) is 21.9 Å². The number of carbonyl (C=O) groups excluding carboxylic acids is 2. The van der Waals surface area contributed by atoms with Crippen molar-refractivity contribution in [3.63, 3.8) is 0 Å². The van der Waals surface area contributed by atoms with Gasteiger partial charge in [-0.05, 0) is 37.1 Å². The van der Waals surface area contributed by atoms with Crippen molar-refractivity contribution in [3.05, 3.63) is 34.9 Å². The number of likely N-dealkylation sites (N-methyl/N-ethyl adjacent to an activating group) is 1. The molecule has 0 aliphatic carbocycles. The zero-order chi connectivity index (χ0) is 18.7. The lowest BCUT2D eigenvalue weighted by molar-refractivity contribution is -0.139. The fourth-order valence-corrected chi connectivity index (χ4v) is 4.33. The maximum Gasteiger partial charge on any atom is 0.225 e. The van der Waals surface area contributed by atoms with Crippen molar-refractivity contribution in [2.24, 2.45) is 5.92 Å². The molecular weight excluding hydrogens is 350 g/mol. The second kappa shape index (κ2) is 8.40. The van der Waals surface area contributed by atoms with Gasteiger partial charge in [0.1, 0.15) is 0 Å². The molecule has 0 saturated carbocycles. The van der Waals surface area contributed by atoms with Gasteiger partial charge in [-0.15, -0.1) is 0 Å². The Bertz CT molecular complexity index is 641. The third-order valence-electron chi connectivity index (χ3n) is 5.69. The fraction of sp³-hybridized carbons (Fsp3) is 0.600. The summed E-state index contributed by atoms with van der Waals surface area (Å²) in [6.45, 7) is 7.45. The molecule has 1 aromatic carbocycles. The van der Waals surface area contributed by atoms with Crippen molar-refractivity contribution in [1.29, 1.82) is 0 Å². The quantitative estimate of drug-likeness (QED) is 0.877. The predicted octanol–water partition coefficient (Wildman–Crippen LogP) is 2.50. The predicted molar refractivity (Wildman–Crippen MR) is 103 cm³/mol. The Hall–Kier alpha value is -1.59. The van der Waals surface area contributed by atoms with E-state index in [0.717, 1.165) is 37.5 Å². The smallest absolute Gasteiger partial charge is 0.225 e. The molecule has 2 saturated heterocycles. The number of amides is 2. The van der Waals surface area contributed by atoms with E-state index in [0.29, 0.717) is 13.1 Å². The molecule has 0 bridgehead atoms. The molecule has 0 spiro atoms. The highest BCUT2D eigenvalue weighted by molar-refractivity contribution is 6.30. The van der Waals surface area contributed by atoms with Gasteiger partial charge in [0.2, 0.25) is 11.8 Å². The molecule has 5 nitrogen and oxygen atoms in total. The third kappa shape index (κ3) is 4.21. The van der Waals surface area contributed by atoms with Gasteiger partial charge in [0.05, 0.1) is 0 Å². The number of halogens is 1. The molecule has 0 aromatic heterocycles. The maximum absolute atomic E-state index is 13.0. The Morgan fingerprint density at radius 2 is 1.77 bits per heavy atom. The van der Waals surface area contributed by atoms with E-state index in [2.05, 4.69) is 24.4 Å². The molecule has 1 N–H and O–H groups in total. The van der Waals surface area contributed by atoms with Gasteiger partial charge in [-0.25, -0.2) is 0 Å². The van der Waals surface area contributed by atoms with Crippen LogP contribution in [0.1, 0.15) is 38.2 Å². The first-order chi connectivity index (χ1) is 12.5. The lowest BCUT2D eigenvalue weighted by atomic mass is 9.94. The largest absolute Gasteiger partial charge is 0.343 e. The molecule has 3 rings (SSSR count). The lowest BCUT2D eigenvalue weighted by Gasteiger charge is -2.32. The average Bonchev–Trinajstić information content (AvgIpc) is 3.06. The zero-order valence-corrected chi connectivity index (χ0v) is 16.3. The molecule has 6 heteroatoms. The van der Waals surface area contributed by atoms with Crippen LogP contribution in [-0.4, -0.2) is 60.4 Å². The SMILES string of the molecule is CCN[C@@H]1CN(C(=O)C2CCN(C(C)=O)CC2)C[C@H]1c1ccc(Cl)cc1. The zero-order valence-electron chi connectivity index (χ0n) is 15.6. The number of carbonyl (C=O) groups is 2. The first-order valence-corrected chi connectivity index (χ1v) is 9.90. The highest BCUT2D eigenvalue weighted by Gasteiger charge is 2.38. The van der Waals surface area contributed by atoms with E-state index in [1.54, 1.807) is 6.92 Å². The Balaban J connectivity index is 1.66. The van der Waals surface area contributed by atoms with Crippen molar-refractivity contribution in [2.45, 2.75) is 38.6 Å². The highest BCUT2D eigenvalue weighted by Crippen LogP contribution is 2.31. The van der Waals surface area contributed by atoms with Crippen LogP contribution in [0.15, 0.2) is 24.3 Å². The summed E-state index contributed by atoms with van der Waals surface area (Å²) in [6, 6.07) is 8.24.